The molecule has 0 bridgehead atoms. The van der Waals surface area contributed by atoms with Crippen LogP contribution in [0.15, 0.2) is 28.9 Å². The Labute approximate surface area is 112 Å². The van der Waals surface area contributed by atoms with Gasteiger partial charge in [-0.1, -0.05) is 0 Å². The largest absolute Gasteiger partial charge is 0.497 e. The standard InChI is InChI=1S/C12H11BrFN3O/c1-7-15-11(13)6-12(16-7)17-9-3-8(14)4-10(5-9)18-2/h3-6H,1-2H3,(H,15,16,17). The van der Waals surface area contributed by atoms with Crippen molar-refractivity contribution < 1.29 is 9.13 Å². The summed E-state index contributed by atoms with van der Waals surface area (Å²) in [5.41, 5.74) is 0.567. The van der Waals surface area contributed by atoms with E-state index in [1.165, 1.54) is 19.2 Å². The molecule has 6 heteroatoms. The molecule has 0 aliphatic rings. The molecule has 2 aromatic rings. The quantitative estimate of drug-likeness (QED) is 0.882. The maximum atomic E-state index is 13.3. The van der Waals surface area contributed by atoms with Gasteiger partial charge in [-0.15, -0.1) is 0 Å². The third kappa shape index (κ3) is 3.16. The maximum Gasteiger partial charge on any atom is 0.135 e. The molecule has 1 aromatic carbocycles. The van der Waals surface area contributed by atoms with Crippen LogP contribution in [-0.4, -0.2) is 17.1 Å². The van der Waals surface area contributed by atoms with Gasteiger partial charge in [0.1, 0.15) is 27.8 Å². The Morgan fingerprint density at radius 2 is 2.00 bits per heavy atom. The number of aryl methyl sites for hydroxylation is 1. The number of nitrogens with one attached hydrogen (secondary N) is 1. The van der Waals surface area contributed by atoms with Gasteiger partial charge in [0, 0.05) is 23.9 Å². The molecule has 4 nitrogen and oxygen atoms in total. The third-order valence-corrected chi connectivity index (χ3v) is 2.59. The first-order valence-electron chi connectivity index (χ1n) is 5.19. The van der Waals surface area contributed by atoms with Crippen LogP contribution in [-0.2, 0) is 0 Å². The van der Waals surface area contributed by atoms with Crippen molar-refractivity contribution in [3.8, 4) is 5.75 Å². The first kappa shape index (κ1) is 12.8. The van der Waals surface area contributed by atoms with Gasteiger partial charge in [-0.25, -0.2) is 14.4 Å². The van der Waals surface area contributed by atoms with Gasteiger partial charge in [-0.05, 0) is 28.9 Å². The van der Waals surface area contributed by atoms with Crippen molar-refractivity contribution in [3.63, 3.8) is 0 Å². The van der Waals surface area contributed by atoms with Crippen LogP contribution in [0.25, 0.3) is 0 Å². The van der Waals surface area contributed by atoms with Crippen LogP contribution in [0.1, 0.15) is 5.82 Å². The van der Waals surface area contributed by atoms with E-state index in [4.69, 9.17) is 4.74 Å². The summed E-state index contributed by atoms with van der Waals surface area (Å²) in [5, 5.41) is 3.00. The van der Waals surface area contributed by atoms with Crippen molar-refractivity contribution in [2.45, 2.75) is 6.92 Å². The first-order valence-corrected chi connectivity index (χ1v) is 5.99. The molecule has 0 spiro atoms. The lowest BCUT2D eigenvalue weighted by Crippen LogP contribution is -1.98. The summed E-state index contributed by atoms with van der Waals surface area (Å²) in [7, 11) is 1.49. The topological polar surface area (TPSA) is 47.0 Å². The van der Waals surface area contributed by atoms with Crippen LogP contribution >= 0.6 is 15.9 Å². The molecule has 94 valence electrons. The maximum absolute atomic E-state index is 13.3. The Kier molecular flexibility index (Phi) is 3.76. The molecule has 2 rings (SSSR count). The van der Waals surface area contributed by atoms with Crippen LogP contribution in [0.3, 0.4) is 0 Å². The van der Waals surface area contributed by atoms with E-state index in [-0.39, 0.29) is 5.82 Å². The number of nitrogens with zero attached hydrogens (tertiary/aromatic N) is 2. The predicted molar refractivity (Wildman–Crippen MR) is 70.7 cm³/mol. The molecule has 0 unspecified atom stereocenters. The number of anilines is 2. The van der Waals surface area contributed by atoms with Gasteiger partial charge >= 0.3 is 0 Å². The van der Waals surface area contributed by atoms with Crippen LogP contribution in [0.2, 0.25) is 0 Å². The van der Waals surface area contributed by atoms with Crippen LogP contribution in [0.5, 0.6) is 5.75 Å². The lowest BCUT2D eigenvalue weighted by Gasteiger charge is -2.08. The first-order chi connectivity index (χ1) is 8.56. The molecule has 0 saturated carbocycles. The summed E-state index contributed by atoms with van der Waals surface area (Å²) in [4.78, 5) is 8.29. The summed E-state index contributed by atoms with van der Waals surface area (Å²) in [6, 6.07) is 6.08. The number of methoxy groups -OCH3 is 1. The number of benzene rings is 1. The highest BCUT2D eigenvalue weighted by Crippen LogP contribution is 2.23. The van der Waals surface area contributed by atoms with E-state index in [0.717, 1.165) is 0 Å². The molecular weight excluding hydrogens is 301 g/mol. The van der Waals surface area contributed by atoms with E-state index >= 15 is 0 Å². The monoisotopic (exact) mass is 311 g/mol. The van der Waals surface area contributed by atoms with Crippen molar-refractivity contribution in [2.75, 3.05) is 12.4 Å². The van der Waals surface area contributed by atoms with Gasteiger partial charge in [0.2, 0.25) is 0 Å². The number of hydrogen-bond donors (Lipinski definition) is 1. The summed E-state index contributed by atoms with van der Waals surface area (Å²) >= 11 is 3.28. The highest BCUT2D eigenvalue weighted by atomic mass is 79.9. The van der Waals surface area contributed by atoms with E-state index in [9.17, 15) is 4.39 Å². The number of rotatable bonds is 3. The molecule has 0 atom stereocenters. The summed E-state index contributed by atoms with van der Waals surface area (Å²) in [6.07, 6.45) is 0. The Bertz CT molecular complexity index is 557. The van der Waals surface area contributed by atoms with Crippen molar-refractivity contribution in [3.05, 3.63) is 40.5 Å². The molecule has 0 amide bonds. The average molecular weight is 312 g/mol. The van der Waals surface area contributed by atoms with Gasteiger partial charge < -0.3 is 10.1 Å². The minimum atomic E-state index is -0.373. The molecule has 18 heavy (non-hydrogen) atoms. The minimum absolute atomic E-state index is 0.373. The summed E-state index contributed by atoms with van der Waals surface area (Å²) < 4.78 is 19.0. The average Bonchev–Trinajstić information content (AvgIpc) is 2.26. The highest BCUT2D eigenvalue weighted by molar-refractivity contribution is 9.10. The predicted octanol–water partition coefficient (Wildman–Crippen LogP) is 3.44. The minimum Gasteiger partial charge on any atom is -0.497 e. The Morgan fingerprint density at radius 1 is 1.22 bits per heavy atom. The third-order valence-electron chi connectivity index (χ3n) is 2.19. The molecule has 1 aromatic heterocycles. The smallest absolute Gasteiger partial charge is 0.135 e. The molecular formula is C12H11BrFN3O. The zero-order valence-corrected chi connectivity index (χ0v) is 11.5. The van der Waals surface area contributed by atoms with E-state index in [2.05, 4.69) is 31.2 Å². The van der Waals surface area contributed by atoms with Crippen LogP contribution in [0.4, 0.5) is 15.9 Å². The van der Waals surface area contributed by atoms with Gasteiger partial charge in [-0.3, -0.25) is 0 Å². The lowest BCUT2D eigenvalue weighted by atomic mass is 10.3. The second-order valence-electron chi connectivity index (χ2n) is 3.63. The summed E-state index contributed by atoms with van der Waals surface area (Å²) in [6.45, 7) is 1.78. The second-order valence-corrected chi connectivity index (χ2v) is 4.44. The van der Waals surface area contributed by atoms with Gasteiger partial charge in [-0.2, -0.15) is 0 Å². The van der Waals surface area contributed by atoms with Crippen molar-refractivity contribution in [1.82, 2.24) is 9.97 Å². The van der Waals surface area contributed by atoms with E-state index in [1.54, 1.807) is 19.1 Å². The zero-order chi connectivity index (χ0) is 13.1. The fraction of sp³-hybridized carbons (Fsp3) is 0.167. The molecule has 0 fully saturated rings. The van der Waals surface area contributed by atoms with E-state index in [1.807, 2.05) is 0 Å². The zero-order valence-electron chi connectivity index (χ0n) is 9.87. The fourth-order valence-electron chi connectivity index (χ4n) is 1.50. The van der Waals surface area contributed by atoms with E-state index < -0.39 is 0 Å². The number of halogens is 2. The molecule has 0 saturated heterocycles. The van der Waals surface area contributed by atoms with Crippen LogP contribution in [0, 0.1) is 12.7 Å². The lowest BCUT2D eigenvalue weighted by molar-refractivity contribution is 0.411. The molecule has 1 heterocycles. The number of ether oxygens (including phenoxy) is 1. The highest BCUT2D eigenvalue weighted by Gasteiger charge is 2.04. The second kappa shape index (κ2) is 5.30. The Balaban J connectivity index is 2.30. The number of aromatic nitrogens is 2. The molecule has 0 radical (unpaired) electrons. The van der Waals surface area contributed by atoms with Crippen molar-refractivity contribution >= 4 is 27.4 Å². The summed E-state index contributed by atoms with van der Waals surface area (Å²) in [5.74, 6) is 1.28. The molecule has 1 N–H and O–H groups in total. The normalized spacial score (nSPS) is 10.2. The van der Waals surface area contributed by atoms with Gasteiger partial charge in [0.25, 0.3) is 0 Å². The van der Waals surface area contributed by atoms with Crippen molar-refractivity contribution in [2.24, 2.45) is 0 Å². The Morgan fingerprint density at radius 3 is 2.67 bits per heavy atom. The van der Waals surface area contributed by atoms with Crippen LogP contribution < -0.4 is 10.1 Å². The molecule has 0 aliphatic heterocycles. The number of hydrogen-bond acceptors (Lipinski definition) is 4. The van der Waals surface area contributed by atoms with Gasteiger partial charge in [0.05, 0.1) is 7.11 Å². The fourth-order valence-corrected chi connectivity index (χ4v) is 1.97. The molecule has 0 aliphatic carbocycles. The van der Waals surface area contributed by atoms with E-state index in [0.29, 0.717) is 27.7 Å². The SMILES string of the molecule is COc1cc(F)cc(Nc2cc(Br)nc(C)n2)c1. The van der Waals surface area contributed by atoms with Crippen molar-refractivity contribution in [1.29, 1.82) is 0 Å². The van der Waals surface area contributed by atoms with Gasteiger partial charge in [0.15, 0.2) is 0 Å². The Hall–Kier alpha value is -1.69.